The van der Waals surface area contributed by atoms with E-state index in [-0.39, 0.29) is 5.54 Å². The largest absolute Gasteiger partial charge is 0.394 e. The number of morpholine rings is 1. The highest BCUT2D eigenvalue weighted by Gasteiger charge is 2.46. The maximum absolute atomic E-state index is 9.94. The van der Waals surface area contributed by atoms with Gasteiger partial charge in [-0.05, 0) is 44.9 Å². The molecule has 1 aliphatic heterocycles. The number of rotatable bonds is 4. The van der Waals surface area contributed by atoms with Crippen molar-refractivity contribution in [2.24, 2.45) is 0 Å². The summed E-state index contributed by atoms with van der Waals surface area (Å²) in [6.45, 7) is 2.30. The lowest BCUT2D eigenvalue weighted by molar-refractivity contribution is -0.102. The highest BCUT2D eigenvalue weighted by atomic mass is 16.5. The number of ether oxygens (including phenoxy) is 1. The summed E-state index contributed by atoms with van der Waals surface area (Å²) < 4.78 is 6.02. The number of hydrogen-bond acceptors (Lipinski definition) is 4. The van der Waals surface area contributed by atoms with Crippen molar-refractivity contribution >= 4 is 0 Å². The molecule has 0 spiro atoms. The topological polar surface area (TPSA) is 44.7 Å². The number of aliphatic hydroxyl groups excluding tert-OH is 1. The fraction of sp³-hybridized carbons (Fsp3) is 1.00. The average Bonchev–Trinajstić information content (AvgIpc) is 3.24. The SMILES string of the molecule is OCC1(NC2CC2)CCC(N2CCOC3CCCCC32)C1. The van der Waals surface area contributed by atoms with E-state index in [1.165, 1.54) is 44.9 Å². The summed E-state index contributed by atoms with van der Waals surface area (Å²) in [5.74, 6) is 0. The van der Waals surface area contributed by atoms with Crippen LogP contribution in [0.2, 0.25) is 0 Å². The monoisotopic (exact) mass is 294 g/mol. The Morgan fingerprint density at radius 3 is 2.81 bits per heavy atom. The Morgan fingerprint density at radius 2 is 2.00 bits per heavy atom. The lowest BCUT2D eigenvalue weighted by atomic mass is 9.88. The molecule has 120 valence electrons. The Balaban J connectivity index is 1.43. The van der Waals surface area contributed by atoms with Crippen LogP contribution in [0, 0.1) is 0 Å². The van der Waals surface area contributed by atoms with Crippen LogP contribution in [0.25, 0.3) is 0 Å². The molecular formula is C17H30N2O2. The standard InChI is InChI=1S/C17H30N2O2/c20-12-17(18-13-5-6-13)8-7-14(11-17)19-9-10-21-16-4-2-1-3-15(16)19/h13-16,18,20H,1-12H2. The van der Waals surface area contributed by atoms with Crippen molar-refractivity contribution in [3.8, 4) is 0 Å². The molecule has 1 heterocycles. The van der Waals surface area contributed by atoms with E-state index in [1.54, 1.807) is 0 Å². The number of fused-ring (bicyclic) bond motifs is 1. The van der Waals surface area contributed by atoms with Crippen LogP contribution in [0.5, 0.6) is 0 Å². The third kappa shape index (κ3) is 2.88. The normalized spacial score (nSPS) is 44.7. The van der Waals surface area contributed by atoms with Crippen LogP contribution >= 0.6 is 0 Å². The zero-order chi connectivity index (χ0) is 14.3. The Hall–Kier alpha value is -0.160. The van der Waals surface area contributed by atoms with Gasteiger partial charge in [0.05, 0.1) is 19.3 Å². The van der Waals surface area contributed by atoms with E-state index in [9.17, 15) is 5.11 Å². The Bertz CT molecular complexity index is 372. The molecule has 0 bridgehead atoms. The van der Waals surface area contributed by atoms with Gasteiger partial charge in [0.1, 0.15) is 0 Å². The lowest BCUT2D eigenvalue weighted by Crippen LogP contribution is -2.57. The molecular weight excluding hydrogens is 264 g/mol. The Kier molecular flexibility index (Phi) is 3.99. The molecule has 4 nitrogen and oxygen atoms in total. The molecule has 0 aromatic carbocycles. The number of nitrogens with one attached hydrogen (secondary N) is 1. The van der Waals surface area contributed by atoms with E-state index in [2.05, 4.69) is 10.2 Å². The second-order valence-corrected chi connectivity index (χ2v) is 7.75. The molecule has 1 saturated heterocycles. The first kappa shape index (κ1) is 14.4. The van der Waals surface area contributed by atoms with Gasteiger partial charge in [-0.2, -0.15) is 0 Å². The molecule has 4 rings (SSSR count). The first-order chi connectivity index (χ1) is 10.3. The van der Waals surface area contributed by atoms with Crippen LogP contribution in [-0.2, 0) is 4.74 Å². The Labute approximate surface area is 128 Å². The van der Waals surface area contributed by atoms with Gasteiger partial charge in [0.15, 0.2) is 0 Å². The minimum Gasteiger partial charge on any atom is -0.394 e. The van der Waals surface area contributed by atoms with Gasteiger partial charge >= 0.3 is 0 Å². The fourth-order valence-corrected chi connectivity index (χ4v) is 4.94. The van der Waals surface area contributed by atoms with E-state index >= 15 is 0 Å². The first-order valence-corrected chi connectivity index (χ1v) is 9.06. The van der Waals surface area contributed by atoms with Crippen molar-refractivity contribution in [1.82, 2.24) is 10.2 Å². The third-order valence-corrected chi connectivity index (χ3v) is 6.22. The predicted molar refractivity (Wildman–Crippen MR) is 82.3 cm³/mol. The van der Waals surface area contributed by atoms with Crippen molar-refractivity contribution in [2.45, 2.75) is 87.6 Å². The molecule has 0 aromatic rings. The molecule has 4 atom stereocenters. The van der Waals surface area contributed by atoms with Crippen molar-refractivity contribution in [3.63, 3.8) is 0 Å². The molecule has 2 N–H and O–H groups in total. The zero-order valence-electron chi connectivity index (χ0n) is 13.1. The van der Waals surface area contributed by atoms with E-state index in [0.717, 1.165) is 26.0 Å². The number of nitrogens with zero attached hydrogens (tertiary/aromatic N) is 1. The van der Waals surface area contributed by atoms with Gasteiger partial charge in [-0.25, -0.2) is 0 Å². The van der Waals surface area contributed by atoms with Crippen molar-refractivity contribution in [1.29, 1.82) is 0 Å². The summed E-state index contributed by atoms with van der Waals surface area (Å²) in [6.07, 6.45) is 11.8. The highest BCUT2D eigenvalue weighted by Crippen LogP contribution is 2.39. The number of hydrogen-bond donors (Lipinski definition) is 2. The molecule has 4 aliphatic rings. The number of aliphatic hydroxyl groups is 1. The fourth-order valence-electron chi connectivity index (χ4n) is 4.94. The highest BCUT2D eigenvalue weighted by molar-refractivity contribution is 5.05. The molecule has 4 unspecified atom stereocenters. The maximum Gasteiger partial charge on any atom is 0.0731 e. The smallest absolute Gasteiger partial charge is 0.0731 e. The van der Waals surface area contributed by atoms with Gasteiger partial charge in [0, 0.05) is 30.2 Å². The van der Waals surface area contributed by atoms with E-state index in [4.69, 9.17) is 4.74 Å². The minimum atomic E-state index is 0.00824. The summed E-state index contributed by atoms with van der Waals surface area (Å²) in [5, 5.41) is 13.7. The molecule has 4 fully saturated rings. The summed E-state index contributed by atoms with van der Waals surface area (Å²) >= 11 is 0. The van der Waals surface area contributed by atoms with Crippen LogP contribution in [0.1, 0.15) is 57.8 Å². The maximum atomic E-state index is 9.94. The van der Waals surface area contributed by atoms with Gasteiger partial charge in [-0.15, -0.1) is 0 Å². The van der Waals surface area contributed by atoms with Gasteiger partial charge in [-0.1, -0.05) is 12.8 Å². The summed E-state index contributed by atoms with van der Waals surface area (Å²) in [4.78, 5) is 2.75. The second kappa shape index (κ2) is 5.80. The molecule has 0 aromatic heterocycles. The van der Waals surface area contributed by atoms with Gasteiger partial charge in [-0.3, -0.25) is 4.90 Å². The molecule has 21 heavy (non-hydrogen) atoms. The molecule has 3 saturated carbocycles. The summed E-state index contributed by atoms with van der Waals surface area (Å²) in [5.41, 5.74) is 0.00824. The Morgan fingerprint density at radius 1 is 1.14 bits per heavy atom. The molecule has 0 amide bonds. The van der Waals surface area contributed by atoms with Crippen molar-refractivity contribution < 1.29 is 9.84 Å². The summed E-state index contributed by atoms with van der Waals surface area (Å²) in [6, 6.07) is 1.98. The van der Waals surface area contributed by atoms with Crippen LogP contribution < -0.4 is 5.32 Å². The van der Waals surface area contributed by atoms with Crippen molar-refractivity contribution in [3.05, 3.63) is 0 Å². The second-order valence-electron chi connectivity index (χ2n) is 7.75. The van der Waals surface area contributed by atoms with Crippen LogP contribution in [-0.4, -0.2) is 59.5 Å². The molecule has 4 heteroatoms. The quantitative estimate of drug-likeness (QED) is 0.828. The van der Waals surface area contributed by atoms with E-state index in [1.807, 2.05) is 0 Å². The van der Waals surface area contributed by atoms with Gasteiger partial charge < -0.3 is 15.2 Å². The van der Waals surface area contributed by atoms with Gasteiger partial charge in [0.25, 0.3) is 0 Å². The van der Waals surface area contributed by atoms with Gasteiger partial charge in [0.2, 0.25) is 0 Å². The minimum absolute atomic E-state index is 0.00824. The summed E-state index contributed by atoms with van der Waals surface area (Å²) in [7, 11) is 0. The molecule has 0 radical (unpaired) electrons. The van der Waals surface area contributed by atoms with Crippen LogP contribution in [0.3, 0.4) is 0 Å². The first-order valence-electron chi connectivity index (χ1n) is 9.06. The molecule has 3 aliphatic carbocycles. The van der Waals surface area contributed by atoms with E-state index < -0.39 is 0 Å². The third-order valence-electron chi connectivity index (χ3n) is 6.22. The van der Waals surface area contributed by atoms with Crippen LogP contribution in [0.15, 0.2) is 0 Å². The van der Waals surface area contributed by atoms with Crippen LogP contribution in [0.4, 0.5) is 0 Å². The van der Waals surface area contributed by atoms with E-state index in [0.29, 0.717) is 30.8 Å². The average molecular weight is 294 g/mol. The van der Waals surface area contributed by atoms with Crippen molar-refractivity contribution in [2.75, 3.05) is 19.8 Å². The lowest BCUT2D eigenvalue weighted by Gasteiger charge is -2.47. The zero-order valence-corrected chi connectivity index (χ0v) is 13.1. The predicted octanol–water partition coefficient (Wildman–Crippen LogP) is 1.67.